The molecule has 69 heavy (non-hydrogen) atoms. The number of carbonyl (C=O) groups is 1. The molecule has 11 rings (SSSR count). The fraction of sp³-hybridized carbons (Fsp3) is 0.490. The van der Waals surface area contributed by atoms with E-state index >= 15 is 0 Å². The molecule has 2 aromatic heterocycles. The van der Waals surface area contributed by atoms with Crippen LogP contribution in [-0.2, 0) is 19.5 Å². The number of hydrogen-bond donors (Lipinski definition) is 3. The van der Waals surface area contributed by atoms with Gasteiger partial charge < -0.3 is 39.0 Å². The van der Waals surface area contributed by atoms with E-state index in [4.69, 9.17) is 23.9 Å². The number of piperidine rings is 1. The van der Waals surface area contributed by atoms with Gasteiger partial charge in [-0.2, -0.15) is 4.98 Å². The molecule has 7 heterocycles. The van der Waals surface area contributed by atoms with Crippen molar-refractivity contribution in [3.63, 3.8) is 0 Å². The van der Waals surface area contributed by atoms with Crippen LogP contribution in [0.4, 0.5) is 28.4 Å². The topological polar surface area (TPSA) is 194 Å². The van der Waals surface area contributed by atoms with Crippen LogP contribution >= 0.6 is 0 Å². The van der Waals surface area contributed by atoms with Gasteiger partial charge in [0.2, 0.25) is 5.88 Å². The fourth-order valence-corrected chi connectivity index (χ4v) is 12.8. The van der Waals surface area contributed by atoms with Crippen LogP contribution in [0.3, 0.4) is 0 Å². The Bertz CT molecular complexity index is 2910. The Hall–Kier alpha value is -5.95. The molecule has 1 amide bonds. The van der Waals surface area contributed by atoms with Crippen LogP contribution in [-0.4, -0.2) is 111 Å². The van der Waals surface area contributed by atoms with E-state index in [0.29, 0.717) is 54.1 Å². The number of benzene rings is 3. The molecule has 0 bridgehead atoms. The fourth-order valence-electron chi connectivity index (χ4n) is 11.8. The minimum Gasteiger partial charge on any atom is -0.489 e. The highest BCUT2D eigenvalue weighted by Gasteiger charge is 2.50. The summed E-state index contributed by atoms with van der Waals surface area (Å²) in [6, 6.07) is 20.8. The Balaban J connectivity index is 0.879. The number of sulfonamides is 1. The summed E-state index contributed by atoms with van der Waals surface area (Å²) in [5.41, 5.74) is 5.49. The summed E-state index contributed by atoms with van der Waals surface area (Å²) in [6.07, 6.45) is 8.22. The second-order valence-corrected chi connectivity index (χ2v) is 22.0. The molecule has 0 radical (unpaired) electrons. The van der Waals surface area contributed by atoms with Crippen molar-refractivity contribution < 1.29 is 37.1 Å². The molecule has 3 aromatic carbocycles. The maximum absolute atomic E-state index is 14.7. The van der Waals surface area contributed by atoms with E-state index in [1.807, 2.05) is 43.0 Å². The van der Waals surface area contributed by atoms with E-state index < -0.39 is 43.6 Å². The second kappa shape index (κ2) is 17.8. The van der Waals surface area contributed by atoms with Crippen molar-refractivity contribution in [2.45, 2.75) is 113 Å². The van der Waals surface area contributed by atoms with E-state index in [1.54, 1.807) is 12.3 Å². The van der Waals surface area contributed by atoms with E-state index in [9.17, 15) is 23.3 Å². The summed E-state index contributed by atoms with van der Waals surface area (Å²) in [5, 5.41) is 16.3. The molecule has 18 heteroatoms. The van der Waals surface area contributed by atoms with Crippen molar-refractivity contribution in [1.82, 2.24) is 19.6 Å². The minimum absolute atomic E-state index is 0.0166. The smallest absolute Gasteiger partial charge is 0.297 e. The zero-order valence-electron chi connectivity index (χ0n) is 39.5. The highest BCUT2D eigenvalue weighted by atomic mass is 32.2. The molecule has 3 N–H and O–H groups in total. The van der Waals surface area contributed by atoms with Crippen molar-refractivity contribution in [2.24, 2.45) is 5.41 Å². The summed E-state index contributed by atoms with van der Waals surface area (Å²) < 4.78 is 54.7. The number of nitrogens with one attached hydrogen (secondary N) is 3. The van der Waals surface area contributed by atoms with Crippen molar-refractivity contribution in [1.29, 1.82) is 0 Å². The number of H-pyrrole nitrogens is 1. The summed E-state index contributed by atoms with van der Waals surface area (Å²) in [7, 11) is -4.69. The average molecular weight is 961 g/mol. The van der Waals surface area contributed by atoms with Gasteiger partial charge in [-0.05, 0) is 112 Å². The number of ether oxygens (including phenoxy) is 4. The molecule has 1 spiro atoms. The van der Waals surface area contributed by atoms with Crippen molar-refractivity contribution in [2.75, 3.05) is 61.2 Å². The average Bonchev–Trinajstić information content (AvgIpc) is 4.12. The van der Waals surface area contributed by atoms with Crippen molar-refractivity contribution in [3.8, 4) is 11.6 Å². The second-order valence-electron chi connectivity index (χ2n) is 20.3. The lowest BCUT2D eigenvalue weighted by molar-refractivity contribution is -0.384. The summed E-state index contributed by atoms with van der Waals surface area (Å²) in [6.45, 7) is 12.1. The van der Waals surface area contributed by atoms with Crippen LogP contribution in [0.1, 0.15) is 99.7 Å². The van der Waals surface area contributed by atoms with Crippen molar-refractivity contribution >= 4 is 55.4 Å². The Morgan fingerprint density at radius 3 is 2.59 bits per heavy atom. The summed E-state index contributed by atoms with van der Waals surface area (Å²) in [5.74, 6) is -0.0757. The molecule has 17 nitrogen and oxygen atoms in total. The number of nitrogens with zero attached hydrogens (tertiary/aromatic N) is 5. The molecular formula is C51H60N8O9S. The van der Waals surface area contributed by atoms with E-state index in [1.165, 1.54) is 42.9 Å². The van der Waals surface area contributed by atoms with E-state index in [0.717, 1.165) is 49.6 Å². The molecular weight excluding hydrogens is 901 g/mol. The standard InChI is InChI=1S/C51H60N8O9S/c1-30(2)37-8-5-6-9-38(37)40-10-7-17-57(40)35-24-51(25-35)14-18-56(19-15-51)34-11-12-39(41(21-34)58-43-20-32-13-16-52-48(32)54-50(43)68-46-29-65-28-44(46)58)49(60)55-69(63,64)36-22-42(59(61)62)47-45(23-36)67-27-33(53-47)26-66-31(3)4/h5-6,8-9,11-13,16,20-23,30-31,33,35,40,44,46,53H,7,10,14-15,17-19,24-29H2,1-4H3,(H,52,54)(H,55,60)/t33-,40+,44-,46-/m1/s1. The molecule has 5 aliphatic heterocycles. The number of aromatic nitrogens is 2. The largest absolute Gasteiger partial charge is 0.489 e. The number of nitro groups is 1. The number of carbonyl (C=O) groups excluding carboxylic acids is 1. The number of rotatable bonds is 12. The van der Waals surface area contributed by atoms with Crippen LogP contribution in [0.15, 0.2) is 77.8 Å². The third-order valence-electron chi connectivity index (χ3n) is 15.3. The van der Waals surface area contributed by atoms with Gasteiger partial charge in [0.25, 0.3) is 21.6 Å². The minimum atomic E-state index is -4.69. The molecule has 1 saturated carbocycles. The highest BCUT2D eigenvalue weighted by molar-refractivity contribution is 7.90. The molecule has 364 valence electrons. The molecule has 0 unspecified atom stereocenters. The van der Waals surface area contributed by atoms with Gasteiger partial charge in [0, 0.05) is 54.6 Å². The van der Waals surface area contributed by atoms with Crippen LogP contribution in [0.2, 0.25) is 0 Å². The molecule has 4 fully saturated rings. The van der Waals surface area contributed by atoms with Crippen LogP contribution in [0, 0.1) is 15.5 Å². The van der Waals surface area contributed by atoms with Gasteiger partial charge in [-0.3, -0.25) is 19.8 Å². The normalized spacial score (nSPS) is 23.3. The highest BCUT2D eigenvalue weighted by Crippen LogP contribution is 2.55. The first-order chi connectivity index (χ1) is 33.2. The monoisotopic (exact) mass is 960 g/mol. The van der Waals surface area contributed by atoms with Crippen LogP contribution < -0.4 is 29.3 Å². The number of amides is 1. The molecule has 5 aromatic rings. The van der Waals surface area contributed by atoms with E-state index in [2.05, 4.69) is 62.9 Å². The first-order valence-electron chi connectivity index (χ1n) is 24.4. The Morgan fingerprint density at radius 2 is 1.81 bits per heavy atom. The first kappa shape index (κ1) is 45.5. The SMILES string of the molecule is CC(C)OC[C@@H]1COc2cc(S(=O)(=O)NC(=O)c3ccc(N4CCC5(CC4)CC(N4CCC[C@H]4c4ccccc4C(C)C)C5)cc3N3c4cc5cc[nH]c5nc4O[C@@H]4COC[C@H]43)cc([N+](=O)[O-])c2N1. The van der Waals surface area contributed by atoms with Crippen LogP contribution in [0.5, 0.6) is 11.6 Å². The lowest BCUT2D eigenvalue weighted by Gasteiger charge is -2.56. The van der Waals surface area contributed by atoms with Gasteiger partial charge in [0.1, 0.15) is 24.0 Å². The van der Waals surface area contributed by atoms with Gasteiger partial charge in [-0.15, -0.1) is 0 Å². The maximum atomic E-state index is 14.7. The third-order valence-corrected chi connectivity index (χ3v) is 16.6. The summed E-state index contributed by atoms with van der Waals surface area (Å²) in [4.78, 5) is 41.0. The Kier molecular flexibility index (Phi) is 11.7. The van der Waals surface area contributed by atoms with Crippen molar-refractivity contribution in [3.05, 3.63) is 99.7 Å². The lowest BCUT2D eigenvalue weighted by Crippen LogP contribution is -2.55. The van der Waals surface area contributed by atoms with Gasteiger partial charge in [-0.25, -0.2) is 13.1 Å². The van der Waals surface area contributed by atoms with Gasteiger partial charge in [-0.1, -0.05) is 38.1 Å². The van der Waals surface area contributed by atoms with Gasteiger partial charge in [0.15, 0.2) is 11.4 Å². The quantitative estimate of drug-likeness (QED) is 0.0800. The zero-order valence-corrected chi connectivity index (χ0v) is 40.3. The number of aromatic amines is 1. The molecule has 1 aliphatic carbocycles. The number of likely N-dealkylation sites (tertiary alicyclic amines) is 1. The first-order valence-corrected chi connectivity index (χ1v) is 25.9. The number of hydrogen-bond acceptors (Lipinski definition) is 14. The number of pyridine rings is 1. The zero-order chi connectivity index (χ0) is 47.8. The third kappa shape index (κ3) is 8.42. The number of nitro benzene ring substituents is 1. The lowest BCUT2D eigenvalue weighted by atomic mass is 9.59. The molecule has 4 atom stereocenters. The summed E-state index contributed by atoms with van der Waals surface area (Å²) >= 11 is 0. The Morgan fingerprint density at radius 1 is 1.00 bits per heavy atom. The maximum Gasteiger partial charge on any atom is 0.297 e. The van der Waals surface area contributed by atoms with Gasteiger partial charge >= 0.3 is 0 Å². The van der Waals surface area contributed by atoms with Gasteiger partial charge in [0.05, 0.1) is 59.1 Å². The predicted molar refractivity (Wildman–Crippen MR) is 262 cm³/mol. The predicted octanol–water partition coefficient (Wildman–Crippen LogP) is 8.20. The molecule has 6 aliphatic rings. The van der Waals surface area contributed by atoms with Crippen LogP contribution in [0.25, 0.3) is 11.0 Å². The molecule has 3 saturated heterocycles. The number of fused-ring (bicyclic) bond motifs is 4. The number of anilines is 4. The Labute approximate surface area is 402 Å². The van der Waals surface area contributed by atoms with E-state index in [-0.39, 0.29) is 47.8 Å².